The van der Waals surface area contributed by atoms with Crippen LogP contribution in [0.1, 0.15) is 42.8 Å². The highest BCUT2D eigenvalue weighted by Gasteiger charge is 2.38. The van der Waals surface area contributed by atoms with E-state index in [9.17, 15) is 4.79 Å². The van der Waals surface area contributed by atoms with Gasteiger partial charge in [-0.15, -0.1) is 0 Å². The summed E-state index contributed by atoms with van der Waals surface area (Å²) in [5.74, 6) is 2.03. The largest absolute Gasteiger partial charge is 0.328 e. The Balaban J connectivity index is 1.93. The van der Waals surface area contributed by atoms with Gasteiger partial charge in [-0.25, -0.2) is 4.68 Å². The lowest BCUT2D eigenvalue weighted by Crippen LogP contribution is -2.33. The maximum absolute atomic E-state index is 12.8. The Labute approximate surface area is 135 Å². The number of hydrogen-bond acceptors (Lipinski definition) is 4. The van der Waals surface area contributed by atoms with Crippen LogP contribution in [0.4, 0.5) is 5.95 Å². The van der Waals surface area contributed by atoms with E-state index in [0.29, 0.717) is 18.2 Å². The fourth-order valence-electron chi connectivity index (χ4n) is 3.66. The van der Waals surface area contributed by atoms with Crippen LogP contribution in [0.25, 0.3) is 0 Å². The molecule has 118 valence electrons. The second-order valence-corrected chi connectivity index (χ2v) is 6.70. The summed E-state index contributed by atoms with van der Waals surface area (Å²) < 4.78 is 1.86. The predicted octanol–water partition coefficient (Wildman–Crippen LogP) is 3.16. The van der Waals surface area contributed by atoms with Gasteiger partial charge in [0.05, 0.1) is 0 Å². The van der Waals surface area contributed by atoms with Crippen LogP contribution in [0.3, 0.4) is 0 Å². The van der Waals surface area contributed by atoms with Crippen molar-refractivity contribution in [3.63, 3.8) is 0 Å². The molecule has 2 aliphatic rings. The zero-order valence-electron chi connectivity index (χ0n) is 13.6. The Morgan fingerprint density at radius 1 is 1.26 bits per heavy atom. The lowest BCUT2D eigenvalue weighted by molar-refractivity contribution is -0.117. The minimum atomic E-state index is -0.178. The van der Waals surface area contributed by atoms with Crippen LogP contribution in [0.2, 0.25) is 0 Å². The number of rotatable bonds is 1. The summed E-state index contributed by atoms with van der Waals surface area (Å²) in [6, 6.07) is 8.12. The predicted molar refractivity (Wildman–Crippen MR) is 88.1 cm³/mol. The molecular weight excluding hydrogens is 288 g/mol. The van der Waals surface area contributed by atoms with Crippen LogP contribution >= 0.6 is 0 Å². The molecule has 4 rings (SSSR count). The van der Waals surface area contributed by atoms with E-state index in [2.05, 4.69) is 47.4 Å². The molecule has 0 fully saturated rings. The highest BCUT2D eigenvalue weighted by atomic mass is 16.1. The van der Waals surface area contributed by atoms with E-state index in [1.807, 2.05) is 17.7 Å². The smallest absolute Gasteiger partial charge is 0.226 e. The first kappa shape index (κ1) is 14.2. The van der Waals surface area contributed by atoms with Gasteiger partial charge >= 0.3 is 0 Å². The first-order chi connectivity index (χ1) is 11.0. The molecule has 1 aliphatic carbocycles. The average molecular weight is 308 g/mol. The van der Waals surface area contributed by atoms with Crippen molar-refractivity contribution in [2.75, 3.05) is 5.32 Å². The molecule has 23 heavy (non-hydrogen) atoms. The van der Waals surface area contributed by atoms with Crippen LogP contribution in [0.15, 0.2) is 35.5 Å². The molecule has 0 radical (unpaired) electrons. The summed E-state index contributed by atoms with van der Waals surface area (Å²) in [5.41, 5.74) is 4.14. The van der Waals surface area contributed by atoms with E-state index in [1.54, 1.807) is 0 Å². The molecule has 5 nitrogen and oxygen atoms in total. The van der Waals surface area contributed by atoms with Gasteiger partial charge in [-0.2, -0.15) is 10.1 Å². The topological polar surface area (TPSA) is 59.8 Å². The number of benzene rings is 1. The lowest BCUT2D eigenvalue weighted by Gasteiger charge is -2.34. The molecule has 0 saturated heterocycles. The van der Waals surface area contributed by atoms with Gasteiger partial charge in [0.2, 0.25) is 5.95 Å². The van der Waals surface area contributed by atoms with E-state index in [0.717, 1.165) is 29.2 Å². The summed E-state index contributed by atoms with van der Waals surface area (Å²) in [6.45, 7) is 6.07. The van der Waals surface area contributed by atoms with Crippen molar-refractivity contribution in [2.45, 2.75) is 39.7 Å². The first-order valence-electron chi connectivity index (χ1n) is 8.06. The molecule has 2 heterocycles. The number of anilines is 1. The highest BCUT2D eigenvalue weighted by Crippen LogP contribution is 2.41. The van der Waals surface area contributed by atoms with Crippen molar-refractivity contribution >= 4 is 11.7 Å². The summed E-state index contributed by atoms with van der Waals surface area (Å²) in [4.78, 5) is 17.3. The number of ketones is 1. The van der Waals surface area contributed by atoms with E-state index >= 15 is 0 Å². The van der Waals surface area contributed by atoms with Gasteiger partial charge in [-0.05, 0) is 31.7 Å². The zero-order valence-corrected chi connectivity index (χ0v) is 13.6. The van der Waals surface area contributed by atoms with Gasteiger partial charge in [-0.1, -0.05) is 36.8 Å². The van der Waals surface area contributed by atoms with Crippen LogP contribution in [0, 0.1) is 19.8 Å². The number of aromatic nitrogens is 3. The standard InChI is InChI=1S/C18H20N4O/c1-10-5-4-6-13(7-10)17-16-14(8-11(2)9-15(16)23)20-18-19-12(3)21-22(17)18/h4-7,11,17H,8-9H2,1-3H3,(H,19,20,21)/t11-,17-/m1/s1. The highest BCUT2D eigenvalue weighted by molar-refractivity contribution is 5.99. The summed E-state index contributed by atoms with van der Waals surface area (Å²) in [6.07, 6.45) is 1.49. The number of fused-ring (bicyclic) bond motifs is 1. The van der Waals surface area contributed by atoms with E-state index in [1.165, 1.54) is 5.56 Å². The SMILES string of the molecule is Cc1cccc([C@@H]2C3=C(C[C@@H](C)CC3=O)Nc3nc(C)nn32)c1. The summed E-state index contributed by atoms with van der Waals surface area (Å²) >= 11 is 0. The van der Waals surface area contributed by atoms with Crippen molar-refractivity contribution in [2.24, 2.45) is 5.92 Å². The van der Waals surface area contributed by atoms with Gasteiger partial charge in [0.1, 0.15) is 11.9 Å². The number of carbonyl (C=O) groups excluding carboxylic acids is 1. The maximum Gasteiger partial charge on any atom is 0.226 e. The summed E-state index contributed by atoms with van der Waals surface area (Å²) in [5, 5.41) is 7.88. The monoisotopic (exact) mass is 308 g/mol. The second kappa shape index (κ2) is 5.05. The molecule has 1 N–H and O–H groups in total. The third-order valence-electron chi connectivity index (χ3n) is 4.59. The number of nitrogens with one attached hydrogen (secondary N) is 1. The van der Waals surface area contributed by atoms with Crippen molar-refractivity contribution in [1.82, 2.24) is 14.8 Å². The Kier molecular flexibility index (Phi) is 3.11. The first-order valence-corrected chi connectivity index (χ1v) is 8.06. The number of carbonyl (C=O) groups is 1. The van der Waals surface area contributed by atoms with Gasteiger partial charge < -0.3 is 5.32 Å². The van der Waals surface area contributed by atoms with Crippen LogP contribution in [-0.2, 0) is 4.79 Å². The average Bonchev–Trinajstić information content (AvgIpc) is 2.84. The Morgan fingerprint density at radius 2 is 2.09 bits per heavy atom. The molecule has 1 aliphatic heterocycles. The molecular formula is C18H20N4O. The van der Waals surface area contributed by atoms with Gasteiger partial charge in [0, 0.05) is 17.7 Å². The lowest BCUT2D eigenvalue weighted by atomic mass is 9.81. The van der Waals surface area contributed by atoms with Gasteiger partial charge in [0.25, 0.3) is 0 Å². The van der Waals surface area contributed by atoms with Crippen LogP contribution in [0.5, 0.6) is 0 Å². The third kappa shape index (κ3) is 2.27. The third-order valence-corrected chi connectivity index (χ3v) is 4.59. The molecule has 1 aromatic carbocycles. The number of aryl methyl sites for hydroxylation is 2. The quantitative estimate of drug-likeness (QED) is 0.879. The van der Waals surface area contributed by atoms with Gasteiger partial charge in [0.15, 0.2) is 5.78 Å². The number of Topliss-reactive ketones (excluding diaryl/α,β-unsaturated/α-hetero) is 1. The molecule has 1 aromatic heterocycles. The fraction of sp³-hybridized carbons (Fsp3) is 0.389. The minimum absolute atomic E-state index is 0.178. The Hall–Kier alpha value is -2.43. The fourth-order valence-corrected chi connectivity index (χ4v) is 3.66. The normalized spacial score (nSPS) is 23.3. The number of hydrogen-bond donors (Lipinski definition) is 1. The van der Waals surface area contributed by atoms with Crippen LogP contribution < -0.4 is 5.32 Å². The Morgan fingerprint density at radius 3 is 2.87 bits per heavy atom. The Bertz CT molecular complexity index is 833. The van der Waals surface area contributed by atoms with Gasteiger partial charge in [-0.3, -0.25) is 4.79 Å². The second-order valence-electron chi connectivity index (χ2n) is 6.70. The molecule has 0 bridgehead atoms. The van der Waals surface area contributed by atoms with E-state index in [4.69, 9.17) is 0 Å². The number of nitrogens with zero attached hydrogens (tertiary/aromatic N) is 3. The maximum atomic E-state index is 12.8. The van der Waals surface area contributed by atoms with Crippen molar-refractivity contribution in [3.8, 4) is 0 Å². The van der Waals surface area contributed by atoms with E-state index < -0.39 is 0 Å². The molecule has 0 amide bonds. The minimum Gasteiger partial charge on any atom is -0.328 e. The van der Waals surface area contributed by atoms with Crippen molar-refractivity contribution in [1.29, 1.82) is 0 Å². The molecule has 0 spiro atoms. The van der Waals surface area contributed by atoms with Crippen LogP contribution in [-0.4, -0.2) is 20.5 Å². The molecule has 0 saturated carbocycles. The summed E-state index contributed by atoms with van der Waals surface area (Å²) in [7, 11) is 0. The molecule has 5 heteroatoms. The molecule has 2 aromatic rings. The van der Waals surface area contributed by atoms with Crippen molar-refractivity contribution < 1.29 is 4.79 Å². The van der Waals surface area contributed by atoms with E-state index in [-0.39, 0.29) is 11.8 Å². The zero-order chi connectivity index (χ0) is 16.1. The molecule has 0 unspecified atom stereocenters. The number of allylic oxidation sites excluding steroid dienone is 2. The van der Waals surface area contributed by atoms with Crippen molar-refractivity contribution in [3.05, 3.63) is 52.5 Å². The molecule has 2 atom stereocenters.